The van der Waals surface area contributed by atoms with Crippen LogP contribution in [0.25, 0.3) is 0 Å². The van der Waals surface area contributed by atoms with E-state index in [1.54, 1.807) is 0 Å². The lowest BCUT2D eigenvalue weighted by molar-refractivity contribution is -0.384. The first kappa shape index (κ1) is 15.7. The van der Waals surface area contributed by atoms with Gasteiger partial charge in [-0.3, -0.25) is 14.9 Å². The van der Waals surface area contributed by atoms with Crippen LogP contribution >= 0.6 is 0 Å². The van der Waals surface area contributed by atoms with Crippen LogP contribution in [0.1, 0.15) is 10.4 Å². The molecule has 0 spiro atoms. The highest BCUT2D eigenvalue weighted by atomic mass is 16.6. The number of carbonyl (C=O) groups excluding carboxylic acids is 2. The number of non-ortho nitro benzene ring substituents is 1. The van der Waals surface area contributed by atoms with Crippen LogP contribution in [0.2, 0.25) is 0 Å². The van der Waals surface area contributed by atoms with E-state index < -0.39 is 17.5 Å². The fourth-order valence-corrected chi connectivity index (χ4v) is 1.96. The molecule has 0 bridgehead atoms. The highest BCUT2D eigenvalue weighted by Gasteiger charge is 2.20. The molecule has 118 valence electrons. The lowest BCUT2D eigenvalue weighted by atomic mass is 10.1. The van der Waals surface area contributed by atoms with Gasteiger partial charge in [-0.2, -0.15) is 0 Å². The lowest BCUT2D eigenvalue weighted by Crippen LogP contribution is -2.42. The van der Waals surface area contributed by atoms with E-state index >= 15 is 0 Å². The molecule has 0 aliphatic carbocycles. The topological polar surface area (TPSA) is 125 Å². The maximum atomic E-state index is 11.9. The van der Waals surface area contributed by atoms with E-state index in [0.29, 0.717) is 26.3 Å². The number of amides is 1. The largest absolute Gasteiger partial charge is 0.452 e. The number of nitrogens with zero attached hydrogens (tertiary/aromatic N) is 2. The Morgan fingerprint density at radius 3 is 2.64 bits per heavy atom. The molecule has 0 radical (unpaired) electrons. The second kappa shape index (κ2) is 6.85. The molecule has 1 amide bonds. The van der Waals surface area contributed by atoms with Crippen molar-refractivity contribution in [3.63, 3.8) is 0 Å². The fraction of sp³-hybridized carbons (Fsp3) is 0.385. The molecule has 0 unspecified atom stereocenters. The molecule has 1 aliphatic rings. The third-order valence-corrected chi connectivity index (χ3v) is 3.16. The van der Waals surface area contributed by atoms with Gasteiger partial charge in [0.2, 0.25) is 0 Å². The number of anilines is 1. The highest BCUT2D eigenvalue weighted by Crippen LogP contribution is 2.20. The number of esters is 1. The van der Waals surface area contributed by atoms with Crippen LogP contribution in [-0.2, 0) is 14.3 Å². The molecule has 1 aromatic carbocycles. The van der Waals surface area contributed by atoms with Gasteiger partial charge < -0.3 is 20.1 Å². The first-order chi connectivity index (χ1) is 10.5. The number of carbonyl (C=O) groups is 2. The van der Waals surface area contributed by atoms with Crippen molar-refractivity contribution in [1.82, 2.24) is 4.90 Å². The average Bonchev–Trinajstić information content (AvgIpc) is 2.52. The Hall–Kier alpha value is -2.68. The Bertz CT molecular complexity index is 597. The van der Waals surface area contributed by atoms with Gasteiger partial charge in [-0.1, -0.05) is 0 Å². The van der Waals surface area contributed by atoms with E-state index in [4.69, 9.17) is 15.2 Å². The predicted octanol–water partition coefficient (Wildman–Crippen LogP) is 0.193. The van der Waals surface area contributed by atoms with Crippen molar-refractivity contribution in [2.75, 3.05) is 38.6 Å². The smallest absolute Gasteiger partial charge is 0.340 e. The number of hydrogen-bond donors (Lipinski definition) is 1. The molecular formula is C13H15N3O6. The molecule has 9 heteroatoms. The maximum absolute atomic E-state index is 11.9. The Morgan fingerprint density at radius 1 is 1.36 bits per heavy atom. The molecular weight excluding hydrogens is 294 g/mol. The number of nitrogens with two attached hydrogens (primary N) is 1. The molecule has 0 atom stereocenters. The highest BCUT2D eigenvalue weighted by molar-refractivity contribution is 5.96. The van der Waals surface area contributed by atoms with Crippen LogP contribution < -0.4 is 5.73 Å². The van der Waals surface area contributed by atoms with Gasteiger partial charge in [0, 0.05) is 25.2 Å². The number of hydrogen-bond acceptors (Lipinski definition) is 7. The molecule has 2 N–H and O–H groups in total. The summed E-state index contributed by atoms with van der Waals surface area (Å²) in [6.07, 6.45) is 0. The zero-order valence-electron chi connectivity index (χ0n) is 11.7. The first-order valence-corrected chi connectivity index (χ1v) is 6.55. The minimum atomic E-state index is -0.797. The summed E-state index contributed by atoms with van der Waals surface area (Å²) in [6, 6.07) is 3.42. The van der Waals surface area contributed by atoms with Gasteiger partial charge >= 0.3 is 5.97 Å². The third-order valence-electron chi connectivity index (χ3n) is 3.16. The van der Waals surface area contributed by atoms with Gasteiger partial charge in [0.25, 0.3) is 11.6 Å². The van der Waals surface area contributed by atoms with Crippen LogP contribution in [-0.4, -0.2) is 54.6 Å². The molecule has 1 aliphatic heterocycles. The molecule has 0 saturated carbocycles. The van der Waals surface area contributed by atoms with Crippen LogP contribution in [0.4, 0.5) is 11.4 Å². The summed E-state index contributed by atoms with van der Waals surface area (Å²) in [5, 5.41) is 10.6. The molecule has 1 fully saturated rings. The Morgan fingerprint density at radius 2 is 2.05 bits per heavy atom. The monoisotopic (exact) mass is 309 g/mol. The second-order valence-electron chi connectivity index (χ2n) is 4.60. The minimum Gasteiger partial charge on any atom is -0.452 e. The summed E-state index contributed by atoms with van der Waals surface area (Å²) in [7, 11) is 0. The molecule has 1 heterocycles. The van der Waals surface area contributed by atoms with E-state index in [1.807, 2.05) is 0 Å². The van der Waals surface area contributed by atoms with Crippen LogP contribution in [0.3, 0.4) is 0 Å². The van der Waals surface area contributed by atoms with Gasteiger partial charge in [-0.05, 0) is 6.07 Å². The minimum absolute atomic E-state index is 0.0135. The standard InChI is InChI=1S/C13H15N3O6/c14-11-7-9(16(19)20)1-2-10(11)13(18)22-8-12(17)15-3-5-21-6-4-15/h1-2,7H,3-6,8,14H2. The molecule has 2 rings (SSSR count). The Balaban J connectivity index is 1.94. The van der Waals surface area contributed by atoms with Crippen molar-refractivity contribution in [1.29, 1.82) is 0 Å². The molecule has 9 nitrogen and oxygen atoms in total. The number of nitro benzene ring substituents is 1. The van der Waals surface area contributed by atoms with Gasteiger partial charge in [-0.15, -0.1) is 0 Å². The summed E-state index contributed by atoms with van der Waals surface area (Å²) in [4.78, 5) is 35.2. The van der Waals surface area contributed by atoms with Crippen LogP contribution in [0.5, 0.6) is 0 Å². The maximum Gasteiger partial charge on any atom is 0.340 e. The van der Waals surface area contributed by atoms with Crippen LogP contribution in [0, 0.1) is 10.1 Å². The number of nitrogen functional groups attached to an aromatic ring is 1. The van der Waals surface area contributed by atoms with Gasteiger partial charge in [0.05, 0.1) is 29.4 Å². The molecule has 22 heavy (non-hydrogen) atoms. The number of ether oxygens (including phenoxy) is 2. The van der Waals surface area contributed by atoms with Gasteiger partial charge in [-0.25, -0.2) is 4.79 Å². The number of nitro groups is 1. The third kappa shape index (κ3) is 3.70. The van der Waals surface area contributed by atoms with E-state index in [0.717, 1.165) is 12.1 Å². The molecule has 0 aromatic heterocycles. The average molecular weight is 309 g/mol. The summed E-state index contributed by atoms with van der Waals surface area (Å²) in [5.74, 6) is -1.12. The summed E-state index contributed by atoms with van der Waals surface area (Å²) >= 11 is 0. The number of benzene rings is 1. The van der Waals surface area contributed by atoms with Crippen molar-refractivity contribution in [2.24, 2.45) is 0 Å². The zero-order chi connectivity index (χ0) is 16.1. The summed E-state index contributed by atoms with van der Waals surface area (Å²) < 4.78 is 10.0. The van der Waals surface area contributed by atoms with E-state index in [-0.39, 0.29) is 22.8 Å². The van der Waals surface area contributed by atoms with Crippen LogP contribution in [0.15, 0.2) is 18.2 Å². The predicted molar refractivity (Wildman–Crippen MR) is 75.2 cm³/mol. The SMILES string of the molecule is Nc1cc([N+](=O)[O-])ccc1C(=O)OCC(=O)N1CCOCC1. The molecule has 1 saturated heterocycles. The number of morpholine rings is 1. The first-order valence-electron chi connectivity index (χ1n) is 6.55. The van der Waals surface area contributed by atoms with E-state index in [1.165, 1.54) is 11.0 Å². The van der Waals surface area contributed by atoms with E-state index in [9.17, 15) is 19.7 Å². The quantitative estimate of drug-likeness (QED) is 0.364. The van der Waals surface area contributed by atoms with Crippen molar-refractivity contribution in [3.05, 3.63) is 33.9 Å². The van der Waals surface area contributed by atoms with Crippen molar-refractivity contribution in [2.45, 2.75) is 0 Å². The lowest BCUT2D eigenvalue weighted by Gasteiger charge is -2.26. The Labute approximate surface area is 125 Å². The van der Waals surface area contributed by atoms with Gasteiger partial charge in [0.15, 0.2) is 6.61 Å². The number of rotatable bonds is 4. The fourth-order valence-electron chi connectivity index (χ4n) is 1.96. The van der Waals surface area contributed by atoms with Crippen molar-refractivity contribution < 1.29 is 24.0 Å². The summed E-state index contributed by atoms with van der Waals surface area (Å²) in [5.41, 5.74) is 5.28. The summed E-state index contributed by atoms with van der Waals surface area (Å²) in [6.45, 7) is 1.41. The normalized spacial score (nSPS) is 14.5. The van der Waals surface area contributed by atoms with E-state index in [2.05, 4.69) is 0 Å². The zero-order valence-corrected chi connectivity index (χ0v) is 11.7. The second-order valence-corrected chi connectivity index (χ2v) is 4.60. The molecule has 1 aromatic rings. The Kier molecular flexibility index (Phi) is 4.89. The van der Waals surface area contributed by atoms with Crippen molar-refractivity contribution in [3.8, 4) is 0 Å². The van der Waals surface area contributed by atoms with Gasteiger partial charge in [0.1, 0.15) is 0 Å². The van der Waals surface area contributed by atoms with Crippen molar-refractivity contribution >= 4 is 23.3 Å².